The van der Waals surface area contributed by atoms with Crippen LogP contribution in [0, 0.1) is 18.3 Å². The molecular formula is C24H36N2S. The summed E-state index contributed by atoms with van der Waals surface area (Å²) in [4.78, 5) is 5.55. The lowest BCUT2D eigenvalue weighted by Crippen LogP contribution is -2.38. The lowest BCUT2D eigenvalue weighted by Gasteiger charge is -2.35. The van der Waals surface area contributed by atoms with Crippen molar-refractivity contribution in [3.63, 3.8) is 0 Å². The van der Waals surface area contributed by atoms with Gasteiger partial charge < -0.3 is 10.2 Å². The molecule has 0 saturated carbocycles. The molecule has 0 amide bonds. The van der Waals surface area contributed by atoms with Crippen molar-refractivity contribution in [2.24, 2.45) is 11.3 Å². The molecule has 2 aliphatic rings. The zero-order valence-corrected chi connectivity index (χ0v) is 18.8. The Bertz CT molecular complexity index is 760. The van der Waals surface area contributed by atoms with E-state index in [-0.39, 0.29) is 5.41 Å². The predicted molar refractivity (Wildman–Crippen MR) is 120 cm³/mol. The first-order valence-electron chi connectivity index (χ1n) is 10.4. The lowest BCUT2D eigenvalue weighted by molar-refractivity contribution is 0.385. The maximum absolute atomic E-state index is 4.29. The minimum absolute atomic E-state index is 0.264. The maximum atomic E-state index is 4.29. The van der Waals surface area contributed by atoms with Crippen LogP contribution in [0.25, 0.3) is 0 Å². The second-order valence-corrected chi connectivity index (χ2v) is 10.9. The van der Waals surface area contributed by atoms with Gasteiger partial charge in [-0.25, -0.2) is 0 Å². The average molecular weight is 385 g/mol. The molecule has 0 aromatic carbocycles. The molecule has 0 spiro atoms. The number of rotatable bonds is 4. The standard InChI is InChI=1S/C24H36N2S/c1-16-12-20(13-17(2)23(16)25-18(3)15-24(5,6)7)26-11-9-8-10-22-21(26)14-19(4)27-22/h12-14,16,23,25H,3,8-11,15H2,1-2,4-7H3. The molecule has 27 heavy (non-hydrogen) atoms. The van der Waals surface area contributed by atoms with Gasteiger partial charge in [-0.05, 0) is 62.7 Å². The van der Waals surface area contributed by atoms with Gasteiger partial charge in [0.1, 0.15) is 0 Å². The third kappa shape index (κ3) is 4.87. The summed E-state index contributed by atoms with van der Waals surface area (Å²) < 4.78 is 0. The van der Waals surface area contributed by atoms with Gasteiger partial charge in [0.05, 0.1) is 11.7 Å². The van der Waals surface area contributed by atoms with Crippen molar-refractivity contribution >= 4 is 17.0 Å². The van der Waals surface area contributed by atoms with Crippen LogP contribution < -0.4 is 10.2 Å². The Labute approximate surface area is 170 Å². The van der Waals surface area contributed by atoms with Crippen molar-refractivity contribution in [1.82, 2.24) is 5.32 Å². The van der Waals surface area contributed by atoms with Gasteiger partial charge in [-0.15, -0.1) is 11.3 Å². The predicted octanol–water partition coefficient (Wildman–Crippen LogP) is 6.59. The number of nitrogens with zero attached hydrogens (tertiary/aromatic N) is 1. The lowest BCUT2D eigenvalue weighted by atomic mass is 9.86. The van der Waals surface area contributed by atoms with E-state index in [4.69, 9.17) is 0 Å². The van der Waals surface area contributed by atoms with Crippen molar-refractivity contribution in [3.8, 4) is 0 Å². The van der Waals surface area contributed by atoms with Crippen molar-refractivity contribution < 1.29 is 0 Å². The van der Waals surface area contributed by atoms with Gasteiger partial charge in [-0.3, -0.25) is 0 Å². The van der Waals surface area contributed by atoms with E-state index in [1.807, 2.05) is 11.3 Å². The third-order valence-electron chi connectivity index (χ3n) is 5.48. The number of hydrogen-bond acceptors (Lipinski definition) is 3. The molecule has 2 heterocycles. The molecule has 3 rings (SSSR count). The summed E-state index contributed by atoms with van der Waals surface area (Å²) in [5, 5.41) is 3.71. The van der Waals surface area contributed by atoms with E-state index >= 15 is 0 Å². The Morgan fingerprint density at radius 2 is 2.04 bits per heavy atom. The zero-order chi connectivity index (χ0) is 19.8. The molecule has 1 aliphatic heterocycles. The van der Waals surface area contributed by atoms with E-state index in [2.05, 4.69) is 76.6 Å². The highest BCUT2D eigenvalue weighted by Crippen LogP contribution is 2.38. The largest absolute Gasteiger partial charge is 0.382 e. The van der Waals surface area contributed by atoms with E-state index in [0.717, 1.165) is 18.7 Å². The van der Waals surface area contributed by atoms with Crippen LogP contribution in [-0.4, -0.2) is 12.6 Å². The molecule has 2 unspecified atom stereocenters. The molecule has 148 valence electrons. The second-order valence-electron chi connectivity index (χ2n) is 9.58. The van der Waals surface area contributed by atoms with Gasteiger partial charge in [0.2, 0.25) is 0 Å². The van der Waals surface area contributed by atoms with Crippen LogP contribution in [0.15, 0.2) is 41.8 Å². The quantitative estimate of drug-likeness (QED) is 0.630. The smallest absolute Gasteiger partial charge is 0.0554 e. The molecule has 1 aliphatic carbocycles. The second kappa shape index (κ2) is 7.87. The molecule has 3 heteroatoms. The highest BCUT2D eigenvalue weighted by Gasteiger charge is 2.27. The number of fused-ring (bicyclic) bond motifs is 1. The highest BCUT2D eigenvalue weighted by atomic mass is 32.1. The molecule has 1 N–H and O–H groups in total. The Morgan fingerprint density at radius 3 is 2.70 bits per heavy atom. The fourth-order valence-corrected chi connectivity index (χ4v) is 5.46. The van der Waals surface area contributed by atoms with Gasteiger partial charge >= 0.3 is 0 Å². The molecule has 0 fully saturated rings. The van der Waals surface area contributed by atoms with E-state index in [9.17, 15) is 0 Å². The van der Waals surface area contributed by atoms with Gasteiger partial charge in [0.15, 0.2) is 0 Å². The van der Waals surface area contributed by atoms with E-state index in [1.165, 1.54) is 41.1 Å². The summed E-state index contributed by atoms with van der Waals surface area (Å²) in [5.41, 5.74) is 5.64. The molecule has 1 aromatic heterocycles. The van der Waals surface area contributed by atoms with Gasteiger partial charge in [0.25, 0.3) is 0 Å². The van der Waals surface area contributed by atoms with Crippen molar-refractivity contribution in [2.45, 2.75) is 73.3 Å². The number of anilines is 1. The van der Waals surface area contributed by atoms with E-state index in [0.29, 0.717) is 12.0 Å². The third-order valence-corrected chi connectivity index (χ3v) is 6.58. The first-order valence-corrected chi connectivity index (χ1v) is 11.2. The summed E-state index contributed by atoms with van der Waals surface area (Å²) in [6.45, 7) is 19.0. The highest BCUT2D eigenvalue weighted by molar-refractivity contribution is 7.12. The number of thiophene rings is 1. The minimum atomic E-state index is 0.264. The number of nitrogens with one attached hydrogen (secondary N) is 1. The molecule has 2 atom stereocenters. The zero-order valence-electron chi connectivity index (χ0n) is 18.0. The molecule has 0 radical (unpaired) electrons. The Hall–Kier alpha value is -1.48. The fraction of sp³-hybridized carbons (Fsp3) is 0.583. The number of allylic oxidation sites excluding steroid dienone is 2. The topological polar surface area (TPSA) is 15.3 Å². The minimum Gasteiger partial charge on any atom is -0.382 e. The van der Waals surface area contributed by atoms with Crippen LogP contribution in [0.5, 0.6) is 0 Å². The SMILES string of the molecule is C=C(CC(C)(C)C)NC1C(C)=CC(N2CCCCc3sc(C)cc32)=CC1C. The monoisotopic (exact) mass is 384 g/mol. The van der Waals surface area contributed by atoms with Crippen LogP contribution in [0.2, 0.25) is 0 Å². The Kier molecular flexibility index (Phi) is 5.90. The summed E-state index contributed by atoms with van der Waals surface area (Å²) in [6.07, 6.45) is 9.65. The van der Waals surface area contributed by atoms with Gasteiger partial charge in [-0.1, -0.05) is 40.3 Å². The molecular weight excluding hydrogens is 348 g/mol. The fourth-order valence-electron chi connectivity index (χ4n) is 4.38. The van der Waals surface area contributed by atoms with E-state index in [1.54, 1.807) is 4.88 Å². The van der Waals surface area contributed by atoms with Crippen LogP contribution in [0.4, 0.5) is 5.69 Å². The van der Waals surface area contributed by atoms with Crippen molar-refractivity contribution in [3.05, 3.63) is 51.5 Å². The molecule has 1 aromatic rings. The van der Waals surface area contributed by atoms with Gasteiger partial charge in [-0.2, -0.15) is 0 Å². The van der Waals surface area contributed by atoms with Gasteiger partial charge in [0, 0.05) is 33.6 Å². The Balaban J connectivity index is 1.79. The summed E-state index contributed by atoms with van der Waals surface area (Å²) in [7, 11) is 0. The molecule has 0 saturated heterocycles. The van der Waals surface area contributed by atoms with Crippen molar-refractivity contribution in [2.75, 3.05) is 11.4 Å². The summed E-state index contributed by atoms with van der Waals surface area (Å²) in [6, 6.07) is 2.73. The Morgan fingerprint density at radius 1 is 1.30 bits per heavy atom. The number of hydrogen-bond donors (Lipinski definition) is 1. The number of aryl methyl sites for hydroxylation is 2. The molecule has 2 nitrogen and oxygen atoms in total. The van der Waals surface area contributed by atoms with Crippen molar-refractivity contribution in [1.29, 1.82) is 0 Å². The van der Waals surface area contributed by atoms with Crippen LogP contribution in [0.3, 0.4) is 0 Å². The average Bonchev–Trinajstić information content (AvgIpc) is 2.78. The van der Waals surface area contributed by atoms with Crippen LogP contribution in [0.1, 0.15) is 63.6 Å². The van der Waals surface area contributed by atoms with E-state index < -0.39 is 0 Å². The van der Waals surface area contributed by atoms with Crippen LogP contribution in [-0.2, 0) is 6.42 Å². The first-order chi connectivity index (χ1) is 12.6. The first kappa shape index (κ1) is 20.3. The molecule has 0 bridgehead atoms. The summed E-state index contributed by atoms with van der Waals surface area (Å²) >= 11 is 1.97. The summed E-state index contributed by atoms with van der Waals surface area (Å²) in [5.74, 6) is 0.452. The normalized spacial score (nSPS) is 23.3. The van der Waals surface area contributed by atoms with Crippen LogP contribution >= 0.6 is 11.3 Å². The maximum Gasteiger partial charge on any atom is 0.0554 e.